The van der Waals surface area contributed by atoms with Gasteiger partial charge in [0.25, 0.3) is 0 Å². The third kappa shape index (κ3) is 2.49. The first-order valence-electron chi connectivity index (χ1n) is 7.66. The predicted octanol–water partition coefficient (Wildman–Crippen LogP) is 1.85. The monoisotopic (exact) mass is 299 g/mol. The van der Waals surface area contributed by atoms with E-state index in [4.69, 9.17) is 0 Å². The van der Waals surface area contributed by atoms with E-state index in [1.165, 1.54) is 11.1 Å². The Kier molecular flexibility index (Phi) is 3.68. The van der Waals surface area contributed by atoms with Crippen molar-refractivity contribution < 1.29 is 4.79 Å². The highest BCUT2D eigenvalue weighted by Crippen LogP contribution is 2.42. The number of rotatable bonds is 5. The number of tetrazole rings is 1. The van der Waals surface area contributed by atoms with Gasteiger partial charge in [0.05, 0.1) is 0 Å². The Hall–Kier alpha value is -2.24. The highest BCUT2D eigenvalue weighted by Gasteiger charge is 2.45. The van der Waals surface area contributed by atoms with E-state index in [0.29, 0.717) is 18.2 Å². The second-order valence-corrected chi connectivity index (χ2v) is 6.20. The van der Waals surface area contributed by atoms with Gasteiger partial charge in [0.15, 0.2) is 5.82 Å². The molecular formula is C16H21N5O. The van der Waals surface area contributed by atoms with Crippen LogP contribution in [0, 0.1) is 6.92 Å². The third-order valence-electron chi connectivity index (χ3n) is 4.74. The summed E-state index contributed by atoms with van der Waals surface area (Å²) in [4.78, 5) is 12.7. The van der Waals surface area contributed by atoms with Crippen LogP contribution in [-0.2, 0) is 10.2 Å². The molecule has 1 aromatic heterocycles. The molecule has 1 fully saturated rings. The number of nitrogens with one attached hydrogen (secondary N) is 2. The van der Waals surface area contributed by atoms with Crippen molar-refractivity contribution in [1.29, 1.82) is 0 Å². The van der Waals surface area contributed by atoms with Crippen LogP contribution in [0.5, 0.6) is 0 Å². The number of H-pyrrole nitrogens is 1. The zero-order valence-electron chi connectivity index (χ0n) is 13.1. The zero-order chi connectivity index (χ0) is 15.7. The molecular weight excluding hydrogens is 278 g/mol. The minimum Gasteiger partial charge on any atom is -0.352 e. The molecule has 0 spiro atoms. The van der Waals surface area contributed by atoms with Crippen LogP contribution in [0.1, 0.15) is 49.6 Å². The number of aromatic amines is 1. The predicted molar refractivity (Wildman–Crippen MR) is 82.3 cm³/mol. The first-order chi connectivity index (χ1) is 10.6. The highest BCUT2D eigenvalue weighted by molar-refractivity contribution is 5.87. The molecule has 0 bridgehead atoms. The molecule has 1 aliphatic carbocycles. The van der Waals surface area contributed by atoms with Crippen molar-refractivity contribution in [3.8, 4) is 0 Å². The number of carbonyl (C=O) groups excluding carboxylic acids is 1. The van der Waals surface area contributed by atoms with Gasteiger partial charge in [0.1, 0.15) is 5.41 Å². The molecule has 0 radical (unpaired) electrons. The Morgan fingerprint density at radius 2 is 2.23 bits per heavy atom. The molecule has 1 amide bonds. The van der Waals surface area contributed by atoms with E-state index >= 15 is 0 Å². The number of hydrogen-bond donors (Lipinski definition) is 2. The van der Waals surface area contributed by atoms with E-state index in [0.717, 1.165) is 6.42 Å². The van der Waals surface area contributed by atoms with Crippen molar-refractivity contribution in [3.63, 3.8) is 0 Å². The highest BCUT2D eigenvalue weighted by atomic mass is 16.2. The minimum absolute atomic E-state index is 0.0301. The normalized spacial score (nSPS) is 22.9. The molecule has 0 saturated heterocycles. The van der Waals surface area contributed by atoms with Gasteiger partial charge in [-0.15, -0.1) is 10.2 Å². The topological polar surface area (TPSA) is 83.6 Å². The fourth-order valence-corrected chi connectivity index (χ4v) is 2.84. The van der Waals surface area contributed by atoms with Crippen molar-refractivity contribution in [3.05, 3.63) is 41.2 Å². The summed E-state index contributed by atoms with van der Waals surface area (Å²) in [5, 5.41) is 17.1. The summed E-state index contributed by atoms with van der Waals surface area (Å²) >= 11 is 0. The lowest BCUT2D eigenvalue weighted by atomic mass is 9.85. The maximum atomic E-state index is 12.7. The molecule has 6 heteroatoms. The molecule has 22 heavy (non-hydrogen) atoms. The number of benzene rings is 1. The molecule has 1 heterocycles. The average molecular weight is 299 g/mol. The van der Waals surface area contributed by atoms with Crippen LogP contribution in [0.25, 0.3) is 0 Å². The Balaban J connectivity index is 1.70. The van der Waals surface area contributed by atoms with Crippen LogP contribution in [0.15, 0.2) is 24.3 Å². The summed E-state index contributed by atoms with van der Waals surface area (Å²) in [5.74, 6) is 0.828. The van der Waals surface area contributed by atoms with Gasteiger partial charge in [0, 0.05) is 12.0 Å². The summed E-state index contributed by atoms with van der Waals surface area (Å²) in [6, 6.07) is 8.55. The van der Waals surface area contributed by atoms with Crippen LogP contribution < -0.4 is 5.32 Å². The van der Waals surface area contributed by atoms with Crippen LogP contribution in [0.4, 0.5) is 0 Å². The van der Waals surface area contributed by atoms with E-state index in [9.17, 15) is 4.79 Å². The van der Waals surface area contributed by atoms with Gasteiger partial charge in [-0.25, -0.2) is 0 Å². The fraction of sp³-hybridized carbons (Fsp3) is 0.500. The largest absolute Gasteiger partial charge is 0.352 e. The second-order valence-electron chi connectivity index (χ2n) is 6.20. The smallest absolute Gasteiger partial charge is 0.234 e. The molecule has 6 nitrogen and oxygen atoms in total. The molecule has 1 aliphatic rings. The lowest BCUT2D eigenvalue weighted by Gasteiger charge is -2.23. The van der Waals surface area contributed by atoms with E-state index in [-0.39, 0.29) is 11.9 Å². The summed E-state index contributed by atoms with van der Waals surface area (Å²) in [5.41, 5.74) is 1.86. The van der Waals surface area contributed by atoms with Crippen molar-refractivity contribution in [2.75, 3.05) is 0 Å². The summed E-state index contributed by atoms with van der Waals surface area (Å²) in [7, 11) is 0. The lowest BCUT2D eigenvalue weighted by Crippen LogP contribution is -2.44. The first-order valence-corrected chi connectivity index (χ1v) is 7.66. The lowest BCUT2D eigenvalue weighted by molar-refractivity contribution is -0.126. The van der Waals surface area contributed by atoms with Crippen molar-refractivity contribution in [2.45, 2.75) is 51.0 Å². The van der Waals surface area contributed by atoms with Gasteiger partial charge in [-0.05, 0) is 37.8 Å². The van der Waals surface area contributed by atoms with E-state index in [1.807, 2.05) is 19.9 Å². The number of amides is 1. The molecule has 3 atom stereocenters. The van der Waals surface area contributed by atoms with Crippen LogP contribution >= 0.6 is 0 Å². The average Bonchev–Trinajstić information content (AvgIpc) is 3.05. The molecule has 116 valence electrons. The Morgan fingerprint density at radius 1 is 1.45 bits per heavy atom. The molecule has 0 aliphatic heterocycles. The summed E-state index contributed by atoms with van der Waals surface area (Å²) in [6.45, 7) is 5.93. The van der Waals surface area contributed by atoms with Gasteiger partial charge in [-0.1, -0.05) is 36.4 Å². The van der Waals surface area contributed by atoms with Gasteiger partial charge in [0.2, 0.25) is 5.91 Å². The standard InChI is InChI=1S/C16H21N5O/c1-4-16(3,14-18-20-21-19-14)15(22)17-13-9-12(13)11-8-6-5-7-10(11)2/h5-8,12-13H,4,9H2,1-3H3,(H,17,22)(H,18,19,20,21)/t12-,13+,16?/m0/s1. The molecule has 2 aromatic rings. The fourth-order valence-electron chi connectivity index (χ4n) is 2.84. The Labute approximate surface area is 129 Å². The number of aromatic nitrogens is 4. The number of aryl methyl sites for hydroxylation is 1. The maximum absolute atomic E-state index is 12.7. The van der Waals surface area contributed by atoms with Gasteiger partial charge >= 0.3 is 0 Å². The molecule has 1 unspecified atom stereocenters. The molecule has 3 rings (SSSR count). The number of carbonyl (C=O) groups is 1. The maximum Gasteiger partial charge on any atom is 0.234 e. The van der Waals surface area contributed by atoms with E-state index in [2.05, 4.69) is 51.1 Å². The number of hydrogen-bond acceptors (Lipinski definition) is 4. The van der Waals surface area contributed by atoms with E-state index < -0.39 is 5.41 Å². The van der Waals surface area contributed by atoms with Gasteiger partial charge in [-0.3, -0.25) is 4.79 Å². The van der Waals surface area contributed by atoms with Gasteiger partial charge in [-0.2, -0.15) is 5.21 Å². The first kappa shape index (κ1) is 14.7. The Morgan fingerprint density at radius 3 is 2.86 bits per heavy atom. The summed E-state index contributed by atoms with van der Waals surface area (Å²) < 4.78 is 0. The van der Waals surface area contributed by atoms with Crippen LogP contribution in [0.3, 0.4) is 0 Å². The minimum atomic E-state index is -0.744. The van der Waals surface area contributed by atoms with Crippen molar-refractivity contribution >= 4 is 5.91 Å². The zero-order valence-corrected chi connectivity index (χ0v) is 13.1. The molecule has 2 N–H and O–H groups in total. The number of nitrogens with zero attached hydrogens (tertiary/aromatic N) is 3. The molecule has 1 saturated carbocycles. The SMILES string of the molecule is CCC(C)(C(=O)N[C@@H]1C[C@H]1c1ccccc1C)c1nn[nH]n1. The second kappa shape index (κ2) is 5.51. The quantitative estimate of drug-likeness (QED) is 0.882. The van der Waals surface area contributed by atoms with Crippen LogP contribution in [0.2, 0.25) is 0 Å². The third-order valence-corrected chi connectivity index (χ3v) is 4.74. The molecule has 1 aromatic carbocycles. The van der Waals surface area contributed by atoms with Crippen molar-refractivity contribution in [1.82, 2.24) is 25.9 Å². The van der Waals surface area contributed by atoms with E-state index in [1.54, 1.807) is 0 Å². The van der Waals surface area contributed by atoms with Crippen molar-refractivity contribution in [2.24, 2.45) is 0 Å². The summed E-state index contributed by atoms with van der Waals surface area (Å²) in [6.07, 6.45) is 1.61. The van der Waals surface area contributed by atoms with Gasteiger partial charge < -0.3 is 5.32 Å². The van der Waals surface area contributed by atoms with Crippen LogP contribution in [-0.4, -0.2) is 32.6 Å². The Bertz CT molecular complexity index is 669.